The van der Waals surface area contributed by atoms with Crippen molar-refractivity contribution in [3.63, 3.8) is 0 Å². The molecule has 4 N–H and O–H groups in total. The number of carbonyl (C=O) groups excluding carboxylic acids is 1. The first-order chi connectivity index (χ1) is 12.5. The number of hydrogen-bond donors (Lipinski definition) is 3. The number of anilines is 2. The number of benzene rings is 2. The van der Waals surface area contributed by atoms with Gasteiger partial charge in [-0.2, -0.15) is 5.26 Å². The normalized spacial score (nSPS) is 12.5. The summed E-state index contributed by atoms with van der Waals surface area (Å²) in [6, 6.07) is 12.9. The Morgan fingerprint density at radius 3 is 2.77 bits per heavy atom. The van der Waals surface area contributed by atoms with E-state index in [9.17, 15) is 4.79 Å². The molecule has 0 bridgehead atoms. The Morgan fingerprint density at radius 2 is 2.08 bits per heavy atom. The van der Waals surface area contributed by atoms with Gasteiger partial charge >= 0.3 is 0 Å². The number of carbonyl (C=O) groups is 1. The molecule has 0 fully saturated rings. The highest BCUT2D eigenvalue weighted by molar-refractivity contribution is 6.17. The van der Waals surface area contributed by atoms with Crippen molar-refractivity contribution in [3.8, 4) is 6.07 Å². The molecule has 1 amide bonds. The highest BCUT2D eigenvalue weighted by Crippen LogP contribution is 2.33. The quantitative estimate of drug-likeness (QED) is 0.440. The van der Waals surface area contributed by atoms with E-state index in [0.717, 1.165) is 16.8 Å². The molecule has 6 nitrogen and oxygen atoms in total. The van der Waals surface area contributed by atoms with Crippen LogP contribution in [0.25, 0.3) is 0 Å². The first-order valence-corrected chi connectivity index (χ1v) is 8.12. The van der Waals surface area contributed by atoms with Gasteiger partial charge in [-0.3, -0.25) is 10.2 Å². The van der Waals surface area contributed by atoms with Gasteiger partial charge in [0.1, 0.15) is 0 Å². The molecule has 130 valence electrons. The van der Waals surface area contributed by atoms with E-state index in [4.69, 9.17) is 16.4 Å². The molecular weight excluding hydrogens is 326 g/mol. The smallest absolute Gasteiger partial charge is 0.256 e. The lowest BCUT2D eigenvalue weighted by molar-refractivity contribution is 0.0794. The van der Waals surface area contributed by atoms with E-state index in [0.29, 0.717) is 34.6 Å². The number of nitriles is 1. The molecule has 0 radical (unpaired) electrons. The van der Waals surface area contributed by atoms with E-state index >= 15 is 0 Å². The monoisotopic (exact) mass is 345 g/mol. The minimum Gasteiger partial charge on any atom is -0.398 e. The second-order valence-electron chi connectivity index (χ2n) is 6.10. The zero-order chi connectivity index (χ0) is 18.8. The molecule has 0 spiro atoms. The van der Waals surface area contributed by atoms with E-state index < -0.39 is 0 Å². The molecule has 1 heterocycles. The van der Waals surface area contributed by atoms with Crippen molar-refractivity contribution in [3.05, 3.63) is 70.8 Å². The van der Waals surface area contributed by atoms with Crippen molar-refractivity contribution in [2.45, 2.75) is 6.54 Å². The highest BCUT2D eigenvalue weighted by Gasteiger charge is 2.32. The van der Waals surface area contributed by atoms with E-state index in [-0.39, 0.29) is 12.5 Å². The van der Waals surface area contributed by atoms with Crippen LogP contribution in [0, 0.1) is 16.7 Å². The fraction of sp³-hybridized carbons (Fsp3) is 0.150. The van der Waals surface area contributed by atoms with Crippen LogP contribution in [-0.4, -0.2) is 30.1 Å². The first kappa shape index (κ1) is 17.2. The Kier molecular flexibility index (Phi) is 4.46. The van der Waals surface area contributed by atoms with Crippen LogP contribution in [0.2, 0.25) is 0 Å². The number of para-hydroxylation sites is 1. The lowest BCUT2D eigenvalue weighted by Crippen LogP contribution is -2.26. The van der Waals surface area contributed by atoms with Gasteiger partial charge in [0.05, 0.1) is 23.9 Å². The van der Waals surface area contributed by atoms with Gasteiger partial charge < -0.3 is 16.0 Å². The predicted octanol–water partition coefficient (Wildman–Crippen LogP) is 2.76. The molecule has 0 saturated carbocycles. The molecule has 26 heavy (non-hydrogen) atoms. The highest BCUT2D eigenvalue weighted by atomic mass is 16.2. The minimum atomic E-state index is -0.231. The van der Waals surface area contributed by atoms with Crippen LogP contribution in [0.3, 0.4) is 0 Å². The third kappa shape index (κ3) is 2.80. The van der Waals surface area contributed by atoms with Gasteiger partial charge in [0.2, 0.25) is 0 Å². The number of nitrogen functional groups attached to an aromatic ring is 1. The molecule has 0 unspecified atom stereocenters. The van der Waals surface area contributed by atoms with Gasteiger partial charge in [0.25, 0.3) is 5.91 Å². The van der Waals surface area contributed by atoms with Crippen LogP contribution >= 0.6 is 0 Å². The van der Waals surface area contributed by atoms with Gasteiger partial charge in [-0.1, -0.05) is 30.8 Å². The van der Waals surface area contributed by atoms with Crippen LogP contribution < -0.4 is 11.1 Å². The van der Waals surface area contributed by atoms with E-state index in [2.05, 4.69) is 11.9 Å². The average molecular weight is 345 g/mol. The van der Waals surface area contributed by atoms with Crippen LogP contribution in [-0.2, 0) is 6.54 Å². The van der Waals surface area contributed by atoms with E-state index in [1.165, 1.54) is 4.90 Å². The number of nitrogens with two attached hydrogens (primary N) is 1. The maximum Gasteiger partial charge on any atom is 0.256 e. The lowest BCUT2D eigenvalue weighted by Gasteiger charge is -2.15. The lowest BCUT2D eigenvalue weighted by atomic mass is 9.93. The largest absolute Gasteiger partial charge is 0.398 e. The van der Waals surface area contributed by atoms with Crippen molar-refractivity contribution in [2.24, 2.45) is 0 Å². The first-order valence-electron chi connectivity index (χ1n) is 8.12. The van der Waals surface area contributed by atoms with Gasteiger partial charge in [-0.25, -0.2) is 0 Å². The summed E-state index contributed by atoms with van der Waals surface area (Å²) >= 11 is 0. The summed E-state index contributed by atoms with van der Waals surface area (Å²) in [5.41, 5.74) is 10.4. The van der Waals surface area contributed by atoms with Gasteiger partial charge in [-0.15, -0.1) is 0 Å². The molecule has 6 heteroatoms. The summed E-state index contributed by atoms with van der Waals surface area (Å²) in [6.07, 6.45) is 0. The molecule has 0 atom stereocenters. The molecule has 0 aliphatic carbocycles. The number of hydrogen-bond acceptors (Lipinski definition) is 5. The van der Waals surface area contributed by atoms with Gasteiger partial charge in [0.15, 0.2) is 0 Å². The zero-order valence-corrected chi connectivity index (χ0v) is 14.5. The topological polar surface area (TPSA) is 106 Å². The predicted molar refractivity (Wildman–Crippen MR) is 102 cm³/mol. The van der Waals surface area contributed by atoms with E-state index in [1.807, 2.05) is 30.3 Å². The summed E-state index contributed by atoms with van der Waals surface area (Å²) in [4.78, 5) is 14.3. The molecule has 2 aromatic rings. The minimum absolute atomic E-state index is 0.156. The fourth-order valence-corrected chi connectivity index (χ4v) is 3.20. The van der Waals surface area contributed by atoms with Crippen LogP contribution in [0.5, 0.6) is 0 Å². The zero-order valence-electron chi connectivity index (χ0n) is 14.5. The summed E-state index contributed by atoms with van der Waals surface area (Å²) in [5, 5.41) is 20.7. The second kappa shape index (κ2) is 6.73. The van der Waals surface area contributed by atoms with Crippen molar-refractivity contribution in [2.75, 3.05) is 24.6 Å². The fourth-order valence-electron chi connectivity index (χ4n) is 3.20. The van der Waals surface area contributed by atoms with Crippen LogP contribution in [0.1, 0.15) is 27.0 Å². The molecule has 1 aliphatic heterocycles. The third-order valence-corrected chi connectivity index (χ3v) is 4.47. The maximum absolute atomic E-state index is 12.7. The van der Waals surface area contributed by atoms with Crippen molar-refractivity contribution < 1.29 is 4.79 Å². The number of nitrogens with one attached hydrogen (secondary N) is 2. The van der Waals surface area contributed by atoms with Crippen LogP contribution in [0.4, 0.5) is 11.4 Å². The van der Waals surface area contributed by atoms with Crippen LogP contribution in [0.15, 0.2) is 48.6 Å². The maximum atomic E-state index is 12.7. The van der Waals surface area contributed by atoms with Crippen molar-refractivity contribution >= 4 is 23.0 Å². The summed E-state index contributed by atoms with van der Waals surface area (Å²) in [5.74, 6) is -0.231. The van der Waals surface area contributed by atoms with Crippen molar-refractivity contribution in [1.82, 2.24) is 4.90 Å². The van der Waals surface area contributed by atoms with Crippen molar-refractivity contribution in [1.29, 1.82) is 10.7 Å². The summed E-state index contributed by atoms with van der Waals surface area (Å²) in [6.45, 7) is 4.11. The standard InChI is InChI=1S/C20H19N5O/c1-12(9-21)10-25-11-15-13(7-8-16(22)18(15)20(25)26)19(23)14-5-3-4-6-17(14)24-2/h3-8,23-24H,1,10-11,22H2,2H3. The Morgan fingerprint density at radius 1 is 1.35 bits per heavy atom. The molecule has 1 aliphatic rings. The number of fused-ring (bicyclic) bond motifs is 1. The summed E-state index contributed by atoms with van der Waals surface area (Å²) in [7, 11) is 1.80. The van der Waals surface area contributed by atoms with Gasteiger partial charge in [-0.05, 0) is 17.7 Å². The third-order valence-electron chi connectivity index (χ3n) is 4.47. The molecule has 3 rings (SSSR count). The Hall–Kier alpha value is -3.59. The average Bonchev–Trinajstić information content (AvgIpc) is 2.98. The molecule has 0 saturated heterocycles. The number of rotatable bonds is 5. The van der Waals surface area contributed by atoms with E-state index in [1.54, 1.807) is 19.2 Å². The summed E-state index contributed by atoms with van der Waals surface area (Å²) < 4.78 is 0. The Labute approximate surface area is 152 Å². The SMILES string of the molecule is C=C(C#N)CN1Cc2c(C(=N)c3ccccc3NC)ccc(N)c2C1=O. The Balaban J connectivity index is 2.06. The molecule has 2 aromatic carbocycles. The second-order valence-corrected chi connectivity index (χ2v) is 6.10. The number of amides is 1. The van der Waals surface area contributed by atoms with Gasteiger partial charge in [0, 0.05) is 41.7 Å². The molecular formula is C20H19N5O. The Bertz CT molecular complexity index is 971. The molecule has 0 aromatic heterocycles. The number of nitrogens with zero attached hydrogens (tertiary/aromatic N) is 2.